The Morgan fingerprint density at radius 3 is 2.83 bits per heavy atom. The van der Waals surface area contributed by atoms with Gasteiger partial charge in [-0.2, -0.15) is 0 Å². The number of benzene rings is 1. The van der Waals surface area contributed by atoms with E-state index in [2.05, 4.69) is 36.2 Å². The van der Waals surface area contributed by atoms with Crippen molar-refractivity contribution in [2.24, 2.45) is 0 Å². The predicted molar refractivity (Wildman–Crippen MR) is 52.2 cm³/mol. The van der Waals surface area contributed by atoms with Crippen molar-refractivity contribution in [2.45, 2.75) is 6.92 Å². The normalized spacial score (nSPS) is 9.42. The number of nitrogens with zero attached hydrogens (tertiary/aromatic N) is 1. The zero-order valence-corrected chi connectivity index (χ0v) is 9.77. The van der Waals surface area contributed by atoms with Crippen molar-refractivity contribution < 1.29 is 0 Å². The van der Waals surface area contributed by atoms with Gasteiger partial charge in [-0.1, -0.05) is 18.2 Å². The van der Waals surface area contributed by atoms with Crippen molar-refractivity contribution in [3.05, 3.63) is 42.1 Å². The monoisotopic (exact) mass is 263 g/mol. The van der Waals surface area contributed by atoms with Gasteiger partial charge in [0.05, 0.1) is 5.52 Å². The fourth-order valence-corrected chi connectivity index (χ4v) is 1.18. The van der Waals surface area contributed by atoms with Crippen molar-refractivity contribution in [1.29, 1.82) is 0 Å². The summed E-state index contributed by atoms with van der Waals surface area (Å²) >= 11 is 0. The molecule has 4 radical (unpaired) electrons. The van der Waals surface area contributed by atoms with Crippen LogP contribution in [0.5, 0.6) is 0 Å². The molecule has 0 amide bonds. The molecule has 1 heterocycles. The summed E-state index contributed by atoms with van der Waals surface area (Å²) in [6.45, 7) is 2.08. The maximum atomic E-state index is 4.24. The number of hydrogen-bond donors (Lipinski definition) is 0. The zero-order valence-electron chi connectivity index (χ0n) is 6.91. The first-order valence-corrected chi connectivity index (χ1v) is 3.68. The quantitative estimate of drug-likeness (QED) is 0.663. The summed E-state index contributed by atoms with van der Waals surface area (Å²) in [6, 6.07) is 10.3. The third-order valence-electron chi connectivity index (χ3n) is 1.76. The van der Waals surface area contributed by atoms with Crippen LogP contribution in [0.1, 0.15) is 5.56 Å². The van der Waals surface area contributed by atoms with E-state index in [0.29, 0.717) is 0 Å². The van der Waals surface area contributed by atoms with Gasteiger partial charge in [-0.15, -0.1) is 0 Å². The Morgan fingerprint density at radius 1 is 1.17 bits per heavy atom. The van der Waals surface area contributed by atoms with Crippen molar-refractivity contribution in [3.8, 4) is 0 Å². The van der Waals surface area contributed by atoms with Gasteiger partial charge in [-0.05, 0) is 24.6 Å². The smallest absolute Gasteiger partial charge is 0.0704 e. The maximum absolute atomic E-state index is 4.24. The Kier molecular flexibility index (Phi) is 3.09. The molecule has 12 heavy (non-hydrogen) atoms. The molecule has 0 unspecified atom stereocenters. The minimum atomic E-state index is 0. The van der Waals surface area contributed by atoms with Gasteiger partial charge >= 0.3 is 0 Å². The average molecular weight is 262 g/mol. The molecule has 2 rings (SSSR count). The molecule has 0 bridgehead atoms. The van der Waals surface area contributed by atoms with Crippen LogP contribution < -0.4 is 0 Å². The molecule has 0 aliphatic carbocycles. The first-order chi connectivity index (χ1) is 5.36. The number of hydrogen-bond acceptors (Lipinski definition) is 1. The topological polar surface area (TPSA) is 12.9 Å². The SMILES string of the molecule is Cc1ccc2cccnc2c1.[Sn]. The second-order valence-corrected chi connectivity index (χ2v) is 2.70. The summed E-state index contributed by atoms with van der Waals surface area (Å²) in [7, 11) is 0. The van der Waals surface area contributed by atoms with E-state index in [1.807, 2.05) is 12.3 Å². The molecule has 0 aliphatic rings. The summed E-state index contributed by atoms with van der Waals surface area (Å²) in [5.74, 6) is 0. The van der Waals surface area contributed by atoms with Crippen LogP contribution >= 0.6 is 0 Å². The van der Waals surface area contributed by atoms with Gasteiger partial charge in [0, 0.05) is 35.5 Å². The number of aromatic nitrogens is 1. The molecular weight excluding hydrogens is 253 g/mol. The minimum absolute atomic E-state index is 0. The van der Waals surface area contributed by atoms with E-state index in [1.165, 1.54) is 10.9 Å². The molecular formula is C10H9NSn. The Labute approximate surface area is 88.8 Å². The minimum Gasteiger partial charge on any atom is -0.256 e. The van der Waals surface area contributed by atoms with Crippen LogP contribution in [0.25, 0.3) is 10.9 Å². The van der Waals surface area contributed by atoms with E-state index < -0.39 is 0 Å². The summed E-state index contributed by atoms with van der Waals surface area (Å²) < 4.78 is 0. The number of pyridine rings is 1. The van der Waals surface area contributed by atoms with Crippen LogP contribution in [0.4, 0.5) is 0 Å². The molecule has 1 aromatic heterocycles. The van der Waals surface area contributed by atoms with Crippen molar-refractivity contribution in [2.75, 3.05) is 0 Å². The van der Waals surface area contributed by atoms with E-state index in [1.54, 1.807) is 0 Å². The second kappa shape index (κ2) is 3.89. The van der Waals surface area contributed by atoms with Gasteiger partial charge in [-0.3, -0.25) is 4.98 Å². The van der Waals surface area contributed by atoms with E-state index in [9.17, 15) is 0 Å². The average Bonchev–Trinajstić information content (AvgIpc) is 2.04. The van der Waals surface area contributed by atoms with Crippen LogP contribution in [-0.2, 0) is 0 Å². The molecule has 2 heteroatoms. The van der Waals surface area contributed by atoms with E-state index in [4.69, 9.17) is 0 Å². The Bertz CT molecular complexity index is 384. The second-order valence-electron chi connectivity index (χ2n) is 2.70. The Balaban J connectivity index is 0.000000720. The third kappa shape index (κ3) is 1.77. The van der Waals surface area contributed by atoms with Gasteiger partial charge in [0.1, 0.15) is 0 Å². The van der Waals surface area contributed by atoms with Crippen LogP contribution in [0.2, 0.25) is 0 Å². The van der Waals surface area contributed by atoms with Gasteiger partial charge in [0.2, 0.25) is 0 Å². The maximum Gasteiger partial charge on any atom is 0.0704 e. The van der Waals surface area contributed by atoms with Gasteiger partial charge in [-0.25, -0.2) is 0 Å². The molecule has 58 valence electrons. The van der Waals surface area contributed by atoms with Crippen molar-refractivity contribution in [3.63, 3.8) is 0 Å². The molecule has 1 nitrogen and oxygen atoms in total. The predicted octanol–water partition coefficient (Wildman–Crippen LogP) is 2.16. The summed E-state index contributed by atoms with van der Waals surface area (Å²) in [6.07, 6.45) is 1.82. The van der Waals surface area contributed by atoms with Crippen molar-refractivity contribution >= 4 is 34.8 Å². The molecule has 0 aliphatic heterocycles. The fraction of sp³-hybridized carbons (Fsp3) is 0.100. The van der Waals surface area contributed by atoms with E-state index >= 15 is 0 Å². The van der Waals surface area contributed by atoms with Crippen LogP contribution in [0.15, 0.2) is 36.5 Å². The Morgan fingerprint density at radius 2 is 2.00 bits per heavy atom. The largest absolute Gasteiger partial charge is 0.256 e. The fourth-order valence-electron chi connectivity index (χ4n) is 1.18. The standard InChI is InChI=1S/C10H9N.Sn/c1-8-4-5-9-3-2-6-11-10(9)7-8;/h2-7H,1H3;. The first kappa shape index (κ1) is 9.52. The van der Waals surface area contributed by atoms with Crippen LogP contribution in [0.3, 0.4) is 0 Å². The zero-order chi connectivity index (χ0) is 7.68. The summed E-state index contributed by atoms with van der Waals surface area (Å²) in [5, 5.41) is 1.21. The molecule has 0 saturated carbocycles. The number of aryl methyl sites for hydroxylation is 1. The van der Waals surface area contributed by atoms with Gasteiger partial charge in [0.15, 0.2) is 0 Å². The third-order valence-corrected chi connectivity index (χ3v) is 1.76. The van der Waals surface area contributed by atoms with Crippen LogP contribution in [-0.4, -0.2) is 28.9 Å². The number of fused-ring (bicyclic) bond motifs is 1. The first-order valence-electron chi connectivity index (χ1n) is 3.68. The Hall–Kier alpha value is -0.571. The molecule has 1 aromatic carbocycles. The molecule has 2 aromatic rings. The molecule has 0 atom stereocenters. The molecule has 0 N–H and O–H groups in total. The molecule has 0 fully saturated rings. The molecule has 0 spiro atoms. The van der Waals surface area contributed by atoms with Crippen LogP contribution in [0, 0.1) is 6.92 Å². The van der Waals surface area contributed by atoms with Gasteiger partial charge in [0.25, 0.3) is 0 Å². The number of rotatable bonds is 0. The van der Waals surface area contributed by atoms with E-state index in [-0.39, 0.29) is 23.9 Å². The summed E-state index contributed by atoms with van der Waals surface area (Å²) in [5.41, 5.74) is 2.34. The summed E-state index contributed by atoms with van der Waals surface area (Å²) in [4.78, 5) is 4.24. The molecule has 0 saturated heterocycles. The van der Waals surface area contributed by atoms with E-state index in [0.717, 1.165) is 5.52 Å². The van der Waals surface area contributed by atoms with Gasteiger partial charge < -0.3 is 0 Å². The van der Waals surface area contributed by atoms with Crippen molar-refractivity contribution in [1.82, 2.24) is 4.98 Å².